The van der Waals surface area contributed by atoms with Gasteiger partial charge in [-0.05, 0) is 47.0 Å². The molecule has 0 radical (unpaired) electrons. The molecule has 0 fully saturated rings. The number of aromatic nitrogens is 2. The maximum Gasteiger partial charge on any atom is 0.190 e. The lowest BCUT2D eigenvalue weighted by Crippen LogP contribution is -1.96. The Hall–Kier alpha value is -0.530. The largest absolute Gasteiger partial charge is 0.340 e. The maximum atomic E-state index is 5.92. The van der Waals surface area contributed by atoms with Gasteiger partial charge in [-0.1, -0.05) is 29.4 Å². The molecule has 0 amide bonds. The van der Waals surface area contributed by atoms with E-state index in [1.807, 2.05) is 30.5 Å². The molecule has 3 nitrogen and oxygen atoms in total. The first kappa shape index (κ1) is 12.9. The van der Waals surface area contributed by atoms with Crippen LogP contribution >= 0.6 is 46.0 Å². The first-order valence-electron chi connectivity index (χ1n) is 4.78. The highest BCUT2D eigenvalue weighted by Gasteiger charge is 2.03. The SMILES string of the molecule is CSc1nc(Cl)cc(Nc2cccc(I)c2)n1. The molecule has 0 aliphatic carbocycles. The lowest BCUT2D eigenvalue weighted by molar-refractivity contribution is 0.976. The van der Waals surface area contributed by atoms with E-state index in [2.05, 4.69) is 37.9 Å². The summed E-state index contributed by atoms with van der Waals surface area (Å²) in [6.45, 7) is 0. The van der Waals surface area contributed by atoms with Gasteiger partial charge in [-0.2, -0.15) is 0 Å². The summed E-state index contributed by atoms with van der Waals surface area (Å²) in [7, 11) is 0. The van der Waals surface area contributed by atoms with Gasteiger partial charge in [0.05, 0.1) is 0 Å². The molecular weight excluding hydrogens is 369 g/mol. The molecule has 0 saturated heterocycles. The van der Waals surface area contributed by atoms with E-state index >= 15 is 0 Å². The molecule has 2 aromatic rings. The van der Waals surface area contributed by atoms with Crippen LogP contribution in [0.25, 0.3) is 0 Å². The average molecular weight is 378 g/mol. The van der Waals surface area contributed by atoms with Crippen LogP contribution in [-0.4, -0.2) is 16.2 Å². The van der Waals surface area contributed by atoms with Gasteiger partial charge in [0.15, 0.2) is 5.16 Å². The van der Waals surface area contributed by atoms with Crippen molar-refractivity contribution < 1.29 is 0 Å². The number of thioether (sulfide) groups is 1. The molecule has 1 N–H and O–H groups in total. The molecule has 0 atom stereocenters. The van der Waals surface area contributed by atoms with Crippen LogP contribution in [0.4, 0.5) is 11.5 Å². The van der Waals surface area contributed by atoms with Crippen LogP contribution in [0, 0.1) is 3.57 Å². The molecule has 2 rings (SSSR count). The van der Waals surface area contributed by atoms with E-state index in [1.54, 1.807) is 6.07 Å². The monoisotopic (exact) mass is 377 g/mol. The predicted molar refractivity (Wildman–Crippen MR) is 81.3 cm³/mol. The number of nitrogens with zero attached hydrogens (tertiary/aromatic N) is 2. The van der Waals surface area contributed by atoms with Crippen LogP contribution in [0.1, 0.15) is 0 Å². The van der Waals surface area contributed by atoms with Gasteiger partial charge in [0.2, 0.25) is 0 Å². The highest BCUT2D eigenvalue weighted by Crippen LogP contribution is 2.21. The quantitative estimate of drug-likeness (QED) is 0.376. The van der Waals surface area contributed by atoms with E-state index in [9.17, 15) is 0 Å². The number of hydrogen-bond donors (Lipinski definition) is 1. The normalized spacial score (nSPS) is 10.3. The summed E-state index contributed by atoms with van der Waals surface area (Å²) in [5.74, 6) is 0.705. The fourth-order valence-corrected chi connectivity index (χ4v) is 2.42. The Balaban J connectivity index is 2.26. The molecule has 1 aromatic heterocycles. The Morgan fingerprint density at radius 1 is 1.29 bits per heavy atom. The van der Waals surface area contributed by atoms with Crippen LogP contribution in [0.3, 0.4) is 0 Å². The molecule has 88 valence electrons. The fraction of sp³-hybridized carbons (Fsp3) is 0.0909. The number of halogens is 2. The van der Waals surface area contributed by atoms with E-state index in [1.165, 1.54) is 11.8 Å². The summed E-state index contributed by atoms with van der Waals surface area (Å²) >= 11 is 9.65. The van der Waals surface area contributed by atoms with E-state index in [-0.39, 0.29) is 0 Å². The van der Waals surface area contributed by atoms with Crippen molar-refractivity contribution in [3.8, 4) is 0 Å². The standard InChI is InChI=1S/C11H9ClIN3S/c1-17-11-15-9(12)6-10(16-11)14-8-4-2-3-7(13)5-8/h2-6H,1H3,(H,14,15,16). The molecule has 0 bridgehead atoms. The van der Waals surface area contributed by atoms with Crippen LogP contribution in [-0.2, 0) is 0 Å². The first-order valence-corrected chi connectivity index (χ1v) is 7.46. The van der Waals surface area contributed by atoms with Crippen molar-refractivity contribution in [1.29, 1.82) is 0 Å². The molecule has 1 aromatic carbocycles. The zero-order valence-electron chi connectivity index (χ0n) is 8.95. The summed E-state index contributed by atoms with van der Waals surface area (Å²) in [4.78, 5) is 8.42. The van der Waals surface area contributed by atoms with Crippen molar-refractivity contribution in [3.63, 3.8) is 0 Å². The molecule has 0 unspecified atom stereocenters. The molecule has 6 heteroatoms. The number of anilines is 2. The minimum absolute atomic E-state index is 0.442. The highest BCUT2D eigenvalue weighted by molar-refractivity contribution is 14.1. The van der Waals surface area contributed by atoms with Crippen LogP contribution in [0.5, 0.6) is 0 Å². The second kappa shape index (κ2) is 5.88. The molecule has 1 heterocycles. The third-order valence-corrected chi connectivity index (χ3v) is 3.37. The van der Waals surface area contributed by atoms with Crippen LogP contribution in [0.2, 0.25) is 5.15 Å². The van der Waals surface area contributed by atoms with Crippen LogP contribution in [0.15, 0.2) is 35.5 Å². The zero-order chi connectivity index (χ0) is 12.3. The van der Waals surface area contributed by atoms with Crippen molar-refractivity contribution in [3.05, 3.63) is 39.1 Å². The first-order chi connectivity index (χ1) is 8.17. The minimum Gasteiger partial charge on any atom is -0.340 e. The molecule has 17 heavy (non-hydrogen) atoms. The van der Waals surface area contributed by atoms with Gasteiger partial charge < -0.3 is 5.32 Å². The fourth-order valence-electron chi connectivity index (χ4n) is 1.27. The van der Waals surface area contributed by atoms with Crippen molar-refractivity contribution >= 4 is 57.5 Å². The molecule has 0 spiro atoms. The third-order valence-electron chi connectivity index (χ3n) is 1.95. The molecule has 0 saturated carbocycles. The van der Waals surface area contributed by atoms with Crippen LogP contribution < -0.4 is 5.32 Å². The minimum atomic E-state index is 0.442. The summed E-state index contributed by atoms with van der Waals surface area (Å²) in [6.07, 6.45) is 1.92. The Bertz CT molecular complexity index is 536. The summed E-state index contributed by atoms with van der Waals surface area (Å²) in [5.41, 5.74) is 0.985. The van der Waals surface area contributed by atoms with Gasteiger partial charge >= 0.3 is 0 Å². The topological polar surface area (TPSA) is 37.8 Å². The second-order valence-corrected chi connectivity index (χ2v) is 5.60. The maximum absolute atomic E-state index is 5.92. The van der Waals surface area contributed by atoms with Gasteiger partial charge in [-0.15, -0.1) is 0 Å². The van der Waals surface area contributed by atoms with Gasteiger partial charge in [-0.3, -0.25) is 0 Å². The number of rotatable bonds is 3. The Labute approximate surface area is 123 Å². The smallest absolute Gasteiger partial charge is 0.190 e. The summed E-state index contributed by atoms with van der Waals surface area (Å²) < 4.78 is 1.16. The van der Waals surface area contributed by atoms with E-state index in [0.29, 0.717) is 16.1 Å². The highest BCUT2D eigenvalue weighted by atomic mass is 127. The molecule has 0 aliphatic heterocycles. The lowest BCUT2D eigenvalue weighted by Gasteiger charge is -2.07. The second-order valence-electron chi connectivity index (χ2n) is 3.20. The van der Waals surface area contributed by atoms with Gasteiger partial charge in [0.1, 0.15) is 11.0 Å². The van der Waals surface area contributed by atoms with Gasteiger partial charge in [0.25, 0.3) is 0 Å². The van der Waals surface area contributed by atoms with Gasteiger partial charge in [-0.25, -0.2) is 9.97 Å². The van der Waals surface area contributed by atoms with E-state index in [0.717, 1.165) is 9.26 Å². The summed E-state index contributed by atoms with van der Waals surface area (Å²) in [6, 6.07) is 9.75. The number of hydrogen-bond acceptors (Lipinski definition) is 4. The van der Waals surface area contributed by atoms with Gasteiger partial charge in [0, 0.05) is 15.3 Å². The summed E-state index contributed by atoms with van der Waals surface area (Å²) in [5, 5.41) is 4.31. The number of nitrogens with one attached hydrogen (secondary N) is 1. The number of benzene rings is 1. The zero-order valence-corrected chi connectivity index (χ0v) is 12.7. The third kappa shape index (κ3) is 3.72. The lowest BCUT2D eigenvalue weighted by atomic mass is 10.3. The van der Waals surface area contributed by atoms with Crippen molar-refractivity contribution in [1.82, 2.24) is 9.97 Å². The van der Waals surface area contributed by atoms with E-state index < -0.39 is 0 Å². The average Bonchev–Trinajstić information content (AvgIpc) is 2.28. The molecule has 0 aliphatic rings. The molecular formula is C11H9ClIN3S. The predicted octanol–water partition coefficient (Wildman–Crippen LogP) is 4.20. The Morgan fingerprint density at radius 2 is 2.12 bits per heavy atom. The Morgan fingerprint density at radius 3 is 2.82 bits per heavy atom. The van der Waals surface area contributed by atoms with Crippen molar-refractivity contribution in [2.45, 2.75) is 5.16 Å². The Kier molecular flexibility index (Phi) is 4.47. The van der Waals surface area contributed by atoms with Crippen molar-refractivity contribution in [2.75, 3.05) is 11.6 Å². The van der Waals surface area contributed by atoms with E-state index in [4.69, 9.17) is 11.6 Å². The van der Waals surface area contributed by atoms with Crippen molar-refractivity contribution in [2.24, 2.45) is 0 Å².